The molecule has 1 aliphatic heterocycles. The van der Waals surface area contributed by atoms with Crippen LogP contribution in [0.5, 0.6) is 5.75 Å². The average molecular weight is 352 g/mol. The molecule has 0 bridgehead atoms. The monoisotopic (exact) mass is 352 g/mol. The fourth-order valence-electron chi connectivity index (χ4n) is 2.41. The number of amidine groups is 1. The van der Waals surface area contributed by atoms with Gasteiger partial charge in [-0.15, -0.1) is 0 Å². The van der Waals surface area contributed by atoms with Gasteiger partial charge in [0, 0.05) is 12.6 Å². The maximum Gasteiger partial charge on any atom is 0.266 e. The number of para-hydroxylation sites is 1. The number of thioether (sulfide) groups is 1. The molecule has 0 N–H and O–H groups in total. The Morgan fingerprint density at radius 3 is 2.60 bits per heavy atom. The highest BCUT2D eigenvalue weighted by molar-refractivity contribution is 8.18. The van der Waals surface area contributed by atoms with Crippen molar-refractivity contribution >= 4 is 34.6 Å². The molecule has 1 saturated heterocycles. The van der Waals surface area contributed by atoms with Crippen molar-refractivity contribution in [3.63, 3.8) is 0 Å². The Morgan fingerprint density at radius 2 is 1.88 bits per heavy atom. The van der Waals surface area contributed by atoms with Gasteiger partial charge in [0.2, 0.25) is 0 Å². The number of likely N-dealkylation sites (N-methyl/N-ethyl adjacent to an activating group) is 1. The van der Waals surface area contributed by atoms with Crippen LogP contribution in [0.15, 0.2) is 58.4 Å². The van der Waals surface area contributed by atoms with E-state index >= 15 is 0 Å². The molecule has 0 radical (unpaired) electrons. The third-order valence-corrected chi connectivity index (χ3v) is 4.83. The number of nitrogens with zero attached hydrogens (tertiary/aromatic N) is 2. The molecular weight excluding hydrogens is 332 g/mol. The van der Waals surface area contributed by atoms with Gasteiger partial charge in [-0.1, -0.05) is 35.9 Å². The Hall–Kier alpha value is -2.53. The lowest BCUT2D eigenvalue weighted by atomic mass is 10.2. The summed E-state index contributed by atoms with van der Waals surface area (Å²) in [4.78, 5) is 19.4. The fourth-order valence-corrected chi connectivity index (χ4v) is 3.39. The van der Waals surface area contributed by atoms with Gasteiger partial charge in [-0.3, -0.25) is 9.69 Å². The summed E-state index contributed by atoms with van der Waals surface area (Å²) in [6.07, 6.45) is 1.87. The van der Waals surface area contributed by atoms with E-state index in [0.717, 1.165) is 17.0 Å². The second-order valence-corrected chi connectivity index (χ2v) is 6.68. The highest BCUT2D eigenvalue weighted by atomic mass is 32.2. The molecule has 1 fully saturated rings. The summed E-state index contributed by atoms with van der Waals surface area (Å²) in [6, 6.07) is 15.6. The van der Waals surface area contributed by atoms with Crippen LogP contribution in [0, 0.1) is 6.92 Å². The number of benzene rings is 2. The van der Waals surface area contributed by atoms with E-state index < -0.39 is 0 Å². The third-order valence-electron chi connectivity index (χ3n) is 3.77. The molecule has 0 atom stereocenters. The number of carbonyl (C=O) groups excluding carboxylic acids is 1. The molecule has 5 heteroatoms. The first kappa shape index (κ1) is 17.3. The van der Waals surface area contributed by atoms with Crippen LogP contribution in [-0.4, -0.2) is 29.6 Å². The van der Waals surface area contributed by atoms with Crippen LogP contribution < -0.4 is 4.74 Å². The van der Waals surface area contributed by atoms with Crippen LogP contribution in [0.1, 0.15) is 18.1 Å². The SMILES string of the molecule is CCOc1ccccc1C=C1SC(=Nc2ccc(C)cc2)N(C)C1=O. The topological polar surface area (TPSA) is 41.9 Å². The molecule has 3 rings (SSSR count). The van der Waals surface area contributed by atoms with Gasteiger partial charge in [0.25, 0.3) is 5.91 Å². The molecule has 2 aromatic rings. The van der Waals surface area contributed by atoms with Crippen LogP contribution in [0.2, 0.25) is 0 Å². The van der Waals surface area contributed by atoms with Gasteiger partial charge < -0.3 is 4.74 Å². The summed E-state index contributed by atoms with van der Waals surface area (Å²) in [6.45, 7) is 4.56. The summed E-state index contributed by atoms with van der Waals surface area (Å²) in [5.74, 6) is 0.722. The van der Waals surface area contributed by atoms with Crippen molar-refractivity contribution in [3.05, 3.63) is 64.6 Å². The Kier molecular flexibility index (Phi) is 5.24. The maximum absolute atomic E-state index is 12.5. The molecule has 1 amide bonds. The molecule has 1 heterocycles. The zero-order valence-corrected chi connectivity index (χ0v) is 15.3. The smallest absolute Gasteiger partial charge is 0.266 e. The minimum Gasteiger partial charge on any atom is -0.493 e. The predicted molar refractivity (Wildman–Crippen MR) is 104 cm³/mol. The molecule has 4 nitrogen and oxygen atoms in total. The predicted octanol–water partition coefficient (Wildman–Crippen LogP) is 4.63. The fraction of sp³-hybridized carbons (Fsp3) is 0.200. The molecule has 0 saturated carbocycles. The minimum absolute atomic E-state index is 0.0536. The summed E-state index contributed by atoms with van der Waals surface area (Å²) >= 11 is 1.38. The number of amides is 1. The van der Waals surface area contributed by atoms with E-state index in [4.69, 9.17) is 4.74 Å². The standard InChI is InChI=1S/C20H20N2O2S/c1-4-24-17-8-6-5-7-15(17)13-18-19(23)22(3)20(25-18)21-16-11-9-14(2)10-12-16/h5-13H,4H2,1-3H3. The Labute approximate surface area is 152 Å². The summed E-state index contributed by atoms with van der Waals surface area (Å²) in [5.41, 5.74) is 2.91. The second kappa shape index (κ2) is 7.57. The van der Waals surface area contributed by atoms with Crippen molar-refractivity contribution in [2.24, 2.45) is 4.99 Å². The number of hydrogen-bond donors (Lipinski definition) is 0. The molecule has 128 valence electrons. The normalized spacial score (nSPS) is 17.6. The third kappa shape index (κ3) is 3.94. The van der Waals surface area contributed by atoms with Crippen molar-refractivity contribution in [2.75, 3.05) is 13.7 Å². The highest BCUT2D eigenvalue weighted by Gasteiger charge is 2.30. The first-order chi connectivity index (χ1) is 12.1. The molecule has 2 aromatic carbocycles. The summed E-state index contributed by atoms with van der Waals surface area (Å²) in [5, 5.41) is 0.675. The number of carbonyl (C=O) groups is 1. The van der Waals surface area contributed by atoms with Crippen LogP contribution in [0.4, 0.5) is 5.69 Å². The lowest BCUT2D eigenvalue weighted by Gasteiger charge is -2.07. The van der Waals surface area contributed by atoms with Crippen molar-refractivity contribution in [1.29, 1.82) is 0 Å². The molecular formula is C20H20N2O2S. The number of ether oxygens (including phenoxy) is 1. The van der Waals surface area contributed by atoms with E-state index in [1.165, 1.54) is 17.3 Å². The van der Waals surface area contributed by atoms with Crippen molar-refractivity contribution in [2.45, 2.75) is 13.8 Å². The molecule has 0 unspecified atom stereocenters. The molecule has 25 heavy (non-hydrogen) atoms. The quantitative estimate of drug-likeness (QED) is 0.754. The Balaban J connectivity index is 1.90. The van der Waals surface area contributed by atoms with Crippen LogP contribution in [0.3, 0.4) is 0 Å². The number of hydrogen-bond acceptors (Lipinski definition) is 4. The lowest BCUT2D eigenvalue weighted by Crippen LogP contribution is -2.23. The number of aryl methyl sites for hydroxylation is 1. The van der Waals surface area contributed by atoms with E-state index in [2.05, 4.69) is 4.99 Å². The number of aliphatic imine (C=N–C) groups is 1. The largest absolute Gasteiger partial charge is 0.493 e. The van der Waals surface area contributed by atoms with E-state index in [1.54, 1.807) is 11.9 Å². The van der Waals surface area contributed by atoms with Crippen LogP contribution >= 0.6 is 11.8 Å². The average Bonchev–Trinajstić information content (AvgIpc) is 2.87. The van der Waals surface area contributed by atoms with E-state index in [-0.39, 0.29) is 5.91 Å². The first-order valence-electron chi connectivity index (χ1n) is 8.13. The summed E-state index contributed by atoms with van der Waals surface area (Å²) < 4.78 is 5.63. The molecule has 0 aromatic heterocycles. The number of rotatable bonds is 4. The van der Waals surface area contributed by atoms with Crippen molar-refractivity contribution < 1.29 is 9.53 Å². The molecule has 1 aliphatic rings. The van der Waals surface area contributed by atoms with E-state index in [1.807, 2.05) is 68.5 Å². The van der Waals surface area contributed by atoms with E-state index in [0.29, 0.717) is 16.7 Å². The van der Waals surface area contributed by atoms with Gasteiger partial charge in [-0.2, -0.15) is 0 Å². The Morgan fingerprint density at radius 1 is 1.16 bits per heavy atom. The molecule has 0 aliphatic carbocycles. The Bertz CT molecular complexity index is 841. The van der Waals surface area contributed by atoms with Gasteiger partial charge in [0.05, 0.1) is 17.2 Å². The lowest BCUT2D eigenvalue weighted by molar-refractivity contribution is -0.121. The van der Waals surface area contributed by atoms with Gasteiger partial charge in [0.1, 0.15) is 5.75 Å². The van der Waals surface area contributed by atoms with Gasteiger partial charge >= 0.3 is 0 Å². The van der Waals surface area contributed by atoms with Gasteiger partial charge in [-0.05, 0) is 49.9 Å². The second-order valence-electron chi connectivity index (χ2n) is 5.68. The van der Waals surface area contributed by atoms with Crippen LogP contribution in [0.25, 0.3) is 6.08 Å². The first-order valence-corrected chi connectivity index (χ1v) is 8.95. The zero-order valence-electron chi connectivity index (χ0n) is 14.5. The maximum atomic E-state index is 12.5. The summed E-state index contributed by atoms with van der Waals surface area (Å²) in [7, 11) is 1.75. The van der Waals surface area contributed by atoms with E-state index in [9.17, 15) is 4.79 Å². The highest BCUT2D eigenvalue weighted by Crippen LogP contribution is 2.34. The van der Waals surface area contributed by atoms with Crippen molar-refractivity contribution in [3.8, 4) is 5.75 Å². The van der Waals surface area contributed by atoms with Gasteiger partial charge in [-0.25, -0.2) is 4.99 Å². The van der Waals surface area contributed by atoms with Crippen LogP contribution in [-0.2, 0) is 4.79 Å². The van der Waals surface area contributed by atoms with Crippen molar-refractivity contribution in [1.82, 2.24) is 4.90 Å². The van der Waals surface area contributed by atoms with Gasteiger partial charge in [0.15, 0.2) is 5.17 Å². The minimum atomic E-state index is -0.0536. The molecule has 0 spiro atoms. The zero-order chi connectivity index (χ0) is 17.8.